The minimum absolute atomic E-state index is 0.0653. The van der Waals surface area contributed by atoms with Crippen LogP contribution >= 0.6 is 0 Å². The molecular weight excluding hydrogens is 260 g/mol. The quantitative estimate of drug-likeness (QED) is 0.755. The molecule has 0 aromatic carbocycles. The lowest BCUT2D eigenvalue weighted by Crippen LogP contribution is -2.57. The van der Waals surface area contributed by atoms with Crippen LogP contribution in [-0.4, -0.2) is 41.8 Å². The zero-order valence-corrected chi connectivity index (χ0v) is 11.7. The summed E-state index contributed by atoms with van der Waals surface area (Å²) >= 11 is 0. The van der Waals surface area contributed by atoms with Gasteiger partial charge in [-0.2, -0.15) is 0 Å². The zero-order chi connectivity index (χ0) is 14.9. The highest BCUT2D eigenvalue weighted by Crippen LogP contribution is 2.52. The number of aliphatic carboxylic acids is 1. The van der Waals surface area contributed by atoms with Gasteiger partial charge in [-0.1, -0.05) is 17.7 Å². The molecule has 5 nitrogen and oxygen atoms in total. The highest BCUT2D eigenvalue weighted by molar-refractivity contribution is 5.96. The number of carbonyl (C=O) groups excluding carboxylic acids is 1. The van der Waals surface area contributed by atoms with Gasteiger partial charge in [0.2, 0.25) is 0 Å². The highest BCUT2D eigenvalue weighted by Gasteiger charge is 2.55. The van der Waals surface area contributed by atoms with Crippen molar-refractivity contribution in [2.75, 3.05) is 13.7 Å². The molecule has 2 aliphatic rings. The van der Waals surface area contributed by atoms with Gasteiger partial charge in [-0.25, -0.2) is 0 Å². The van der Waals surface area contributed by atoms with Gasteiger partial charge < -0.3 is 14.9 Å². The number of allylic oxidation sites excluding steroid dienone is 3. The van der Waals surface area contributed by atoms with Crippen molar-refractivity contribution < 1.29 is 24.5 Å². The van der Waals surface area contributed by atoms with Gasteiger partial charge in [-0.3, -0.25) is 9.59 Å². The summed E-state index contributed by atoms with van der Waals surface area (Å²) in [6.45, 7) is 2.02. The molecule has 0 spiro atoms. The van der Waals surface area contributed by atoms with E-state index >= 15 is 0 Å². The maximum Gasteiger partial charge on any atom is 0.303 e. The largest absolute Gasteiger partial charge is 0.481 e. The third-order valence-electron chi connectivity index (χ3n) is 4.57. The van der Waals surface area contributed by atoms with E-state index in [1.54, 1.807) is 6.08 Å². The Bertz CT molecular complexity index is 479. The third kappa shape index (κ3) is 2.21. The summed E-state index contributed by atoms with van der Waals surface area (Å²) < 4.78 is 5.25. The number of aliphatic hydroxyl groups is 1. The van der Waals surface area contributed by atoms with Crippen molar-refractivity contribution in [3.63, 3.8) is 0 Å². The van der Waals surface area contributed by atoms with E-state index in [1.165, 1.54) is 13.2 Å². The lowest BCUT2D eigenvalue weighted by atomic mass is 9.54. The molecule has 20 heavy (non-hydrogen) atoms. The predicted molar refractivity (Wildman–Crippen MR) is 72.1 cm³/mol. The molecule has 110 valence electrons. The summed E-state index contributed by atoms with van der Waals surface area (Å²) in [7, 11) is 1.51. The van der Waals surface area contributed by atoms with Crippen molar-refractivity contribution >= 4 is 11.8 Å². The van der Waals surface area contributed by atoms with Gasteiger partial charge in [0.1, 0.15) is 6.10 Å². The first-order valence-corrected chi connectivity index (χ1v) is 6.71. The Morgan fingerprint density at radius 2 is 2.25 bits per heavy atom. The number of ether oxygens (including phenoxy) is 1. The van der Waals surface area contributed by atoms with E-state index in [1.807, 2.05) is 13.0 Å². The molecule has 0 amide bonds. The van der Waals surface area contributed by atoms with Gasteiger partial charge in [0, 0.05) is 12.5 Å². The summed E-state index contributed by atoms with van der Waals surface area (Å²) in [5.41, 5.74) is 0.00902. The van der Waals surface area contributed by atoms with Gasteiger partial charge in [-0.15, -0.1) is 0 Å². The lowest BCUT2D eigenvalue weighted by molar-refractivity contribution is -0.152. The van der Waals surface area contributed by atoms with Crippen LogP contribution in [0.25, 0.3) is 0 Å². The number of hydrogen-bond donors (Lipinski definition) is 2. The molecule has 0 aromatic rings. The smallest absolute Gasteiger partial charge is 0.303 e. The second-order valence-corrected chi connectivity index (χ2v) is 5.66. The van der Waals surface area contributed by atoms with Gasteiger partial charge >= 0.3 is 5.97 Å². The number of carboxylic acid groups (broad SMARTS) is 1. The molecule has 0 saturated carbocycles. The molecule has 5 heteroatoms. The number of ketones is 1. The number of rotatable bonds is 4. The SMILES string of the molecule is COC[C@]12[C@H](O)C(=O)C=C(C)[C@@H]1CC=C[C@H]2CC(=O)O. The molecule has 0 unspecified atom stereocenters. The molecule has 2 aliphatic carbocycles. The lowest BCUT2D eigenvalue weighted by Gasteiger charge is -2.51. The Labute approximate surface area is 117 Å². The molecule has 0 bridgehead atoms. The second-order valence-electron chi connectivity index (χ2n) is 5.66. The Hall–Kier alpha value is -1.46. The highest BCUT2D eigenvalue weighted by atomic mass is 16.5. The normalized spacial score (nSPS) is 36.5. The first-order valence-electron chi connectivity index (χ1n) is 6.71. The maximum absolute atomic E-state index is 12.0. The van der Waals surface area contributed by atoms with Crippen LogP contribution in [0.15, 0.2) is 23.8 Å². The average Bonchev–Trinajstić information content (AvgIpc) is 2.37. The van der Waals surface area contributed by atoms with Gasteiger partial charge in [0.25, 0.3) is 0 Å². The fourth-order valence-corrected chi connectivity index (χ4v) is 3.69. The van der Waals surface area contributed by atoms with E-state index in [4.69, 9.17) is 9.84 Å². The topological polar surface area (TPSA) is 83.8 Å². The van der Waals surface area contributed by atoms with Gasteiger partial charge in [0.15, 0.2) is 5.78 Å². The maximum atomic E-state index is 12.0. The van der Waals surface area contributed by atoms with E-state index in [2.05, 4.69) is 0 Å². The monoisotopic (exact) mass is 280 g/mol. The van der Waals surface area contributed by atoms with Crippen LogP contribution in [0.3, 0.4) is 0 Å². The summed E-state index contributed by atoms with van der Waals surface area (Å²) in [6, 6.07) is 0. The zero-order valence-electron chi connectivity index (χ0n) is 11.7. The van der Waals surface area contributed by atoms with Crippen molar-refractivity contribution in [1.82, 2.24) is 0 Å². The average molecular weight is 280 g/mol. The van der Waals surface area contributed by atoms with Crippen molar-refractivity contribution in [3.05, 3.63) is 23.8 Å². The predicted octanol–water partition coefficient (Wildman–Crippen LogP) is 1.18. The summed E-state index contributed by atoms with van der Waals surface area (Å²) in [6.07, 6.45) is 4.57. The number of carboxylic acids is 1. The molecule has 2 N–H and O–H groups in total. The number of methoxy groups -OCH3 is 1. The molecule has 0 saturated heterocycles. The molecule has 0 heterocycles. The van der Waals surface area contributed by atoms with Crippen molar-refractivity contribution in [2.24, 2.45) is 17.3 Å². The van der Waals surface area contributed by atoms with Crippen LogP contribution in [0.2, 0.25) is 0 Å². The van der Waals surface area contributed by atoms with Crippen molar-refractivity contribution in [1.29, 1.82) is 0 Å². The van der Waals surface area contributed by atoms with E-state index in [-0.39, 0.29) is 24.7 Å². The van der Waals surface area contributed by atoms with E-state index in [0.717, 1.165) is 5.57 Å². The van der Waals surface area contributed by atoms with Crippen LogP contribution in [0.1, 0.15) is 19.8 Å². The van der Waals surface area contributed by atoms with Gasteiger partial charge in [0.05, 0.1) is 13.0 Å². The van der Waals surface area contributed by atoms with Crippen LogP contribution in [0.4, 0.5) is 0 Å². The summed E-state index contributed by atoms with van der Waals surface area (Å²) in [5.74, 6) is -1.78. The molecule has 0 radical (unpaired) electrons. The van der Waals surface area contributed by atoms with Crippen LogP contribution < -0.4 is 0 Å². The fraction of sp³-hybridized carbons (Fsp3) is 0.600. The molecule has 2 rings (SSSR count). The Balaban J connectivity index is 2.52. The first-order chi connectivity index (χ1) is 9.43. The van der Waals surface area contributed by atoms with Crippen LogP contribution in [0.5, 0.6) is 0 Å². The minimum atomic E-state index is -1.22. The van der Waals surface area contributed by atoms with Crippen molar-refractivity contribution in [3.8, 4) is 0 Å². The molecule has 0 aromatic heterocycles. The molecule has 4 atom stereocenters. The third-order valence-corrected chi connectivity index (χ3v) is 4.57. The van der Waals surface area contributed by atoms with E-state index < -0.39 is 23.4 Å². The van der Waals surface area contributed by atoms with Crippen LogP contribution in [0, 0.1) is 17.3 Å². The van der Waals surface area contributed by atoms with Crippen molar-refractivity contribution in [2.45, 2.75) is 25.9 Å². The number of carbonyl (C=O) groups is 2. The minimum Gasteiger partial charge on any atom is -0.481 e. The number of aliphatic hydroxyl groups excluding tert-OH is 1. The summed E-state index contributed by atoms with van der Waals surface area (Å²) in [5, 5.41) is 19.6. The Morgan fingerprint density at radius 3 is 2.85 bits per heavy atom. The number of hydrogen-bond acceptors (Lipinski definition) is 4. The fourth-order valence-electron chi connectivity index (χ4n) is 3.69. The molecular formula is C15H20O5. The van der Waals surface area contributed by atoms with Gasteiger partial charge in [-0.05, 0) is 31.3 Å². The van der Waals surface area contributed by atoms with Crippen LogP contribution in [-0.2, 0) is 14.3 Å². The standard InChI is InChI=1S/C15H20O5/c1-9-6-12(16)14(19)15(8-20-2)10(7-13(17)18)4-3-5-11(9)15/h3-4,6,10-11,14,19H,5,7-8H2,1-2H3,(H,17,18)/t10-,11-,14+,15+/m0/s1. The Morgan fingerprint density at radius 1 is 1.55 bits per heavy atom. The second kappa shape index (κ2) is 5.50. The number of fused-ring (bicyclic) bond motifs is 1. The molecule has 0 aliphatic heterocycles. The first kappa shape index (κ1) is 14.9. The summed E-state index contributed by atoms with van der Waals surface area (Å²) in [4.78, 5) is 23.1. The molecule has 0 fully saturated rings. The van der Waals surface area contributed by atoms with E-state index in [9.17, 15) is 14.7 Å². The van der Waals surface area contributed by atoms with E-state index in [0.29, 0.717) is 6.42 Å². The Kier molecular flexibility index (Phi) is 4.11.